The maximum absolute atomic E-state index is 14.8. The number of halogens is 2. The average molecular weight is 740 g/mol. The van der Waals surface area contributed by atoms with Crippen LogP contribution in [0.3, 0.4) is 0 Å². The van der Waals surface area contributed by atoms with E-state index in [2.05, 4.69) is 83.4 Å². The van der Waals surface area contributed by atoms with E-state index < -0.39 is 14.1 Å². The first-order valence-electron chi connectivity index (χ1n) is 17.8. The molecule has 0 radical (unpaired) electrons. The number of esters is 1. The number of benzene rings is 1. The van der Waals surface area contributed by atoms with Gasteiger partial charge >= 0.3 is 5.97 Å². The summed E-state index contributed by atoms with van der Waals surface area (Å²) in [5.74, 6) is 0.216. The van der Waals surface area contributed by atoms with Gasteiger partial charge in [-0.2, -0.15) is 5.10 Å². The molecule has 1 aromatic carbocycles. The smallest absolute Gasteiger partial charge is 0.309 e. The molecule has 1 unspecified atom stereocenters. The predicted octanol–water partition coefficient (Wildman–Crippen LogP) is 8.01. The Morgan fingerprint density at radius 2 is 1.71 bits per heavy atom. The van der Waals surface area contributed by atoms with Crippen LogP contribution in [-0.2, 0) is 25.4 Å². The van der Waals surface area contributed by atoms with Crippen molar-refractivity contribution in [1.29, 1.82) is 0 Å². The van der Waals surface area contributed by atoms with Crippen LogP contribution in [-0.4, -0.2) is 70.5 Å². The fraction of sp³-hybridized carbons (Fsp3) is 0.568. The van der Waals surface area contributed by atoms with Crippen LogP contribution >= 0.6 is 11.6 Å². The molecule has 3 aromatic rings. The number of carbonyl (C=O) groups excluding carboxylic acids is 2. The average Bonchev–Trinajstić information content (AvgIpc) is 3.04. The Morgan fingerprint density at radius 1 is 1.02 bits per heavy atom. The molecule has 2 fully saturated rings. The molecule has 11 nitrogen and oxygen atoms in total. The van der Waals surface area contributed by atoms with E-state index in [1.54, 1.807) is 12.1 Å². The van der Waals surface area contributed by atoms with Gasteiger partial charge in [-0.25, -0.2) is 14.4 Å². The first-order valence-corrected chi connectivity index (χ1v) is 21.1. The van der Waals surface area contributed by atoms with E-state index in [9.17, 15) is 14.0 Å². The lowest BCUT2D eigenvalue weighted by atomic mass is 9.77. The largest absolute Gasteiger partial charge is 0.462 e. The summed E-state index contributed by atoms with van der Waals surface area (Å²) in [6.07, 6.45) is 4.35. The molecule has 1 atom stereocenters. The summed E-state index contributed by atoms with van der Waals surface area (Å²) in [6, 6.07) is 7.94. The Hall–Kier alpha value is -3.52. The molecule has 5 rings (SSSR count). The summed E-state index contributed by atoms with van der Waals surface area (Å²) >= 11 is 6.18. The normalized spacial score (nSPS) is 19.4. The number of nitrogens with zero attached hydrogens (tertiary/aromatic N) is 5. The zero-order valence-corrected chi connectivity index (χ0v) is 32.7. The first kappa shape index (κ1) is 38.7. The number of hydrogen-bond acceptors (Lipinski definition) is 10. The zero-order chi connectivity index (χ0) is 37.1. The molecular weight excluding hydrogens is 689 g/mol. The van der Waals surface area contributed by atoms with Crippen molar-refractivity contribution >= 4 is 49.1 Å². The molecule has 1 saturated heterocycles. The van der Waals surface area contributed by atoms with Crippen LogP contribution in [0.1, 0.15) is 72.9 Å². The van der Waals surface area contributed by atoms with Gasteiger partial charge in [0, 0.05) is 28.6 Å². The quantitative estimate of drug-likeness (QED) is 0.139. The fourth-order valence-electron chi connectivity index (χ4n) is 5.80. The monoisotopic (exact) mass is 739 g/mol. The number of carbonyl (C=O) groups is 2. The second kappa shape index (κ2) is 16.0. The third kappa shape index (κ3) is 9.68. The molecule has 2 aromatic heterocycles. The number of nitrogens with one attached hydrogen (secondary N) is 2. The maximum atomic E-state index is 14.8. The number of hydrogen-bond donors (Lipinski definition) is 2. The van der Waals surface area contributed by atoms with Crippen LogP contribution < -0.4 is 10.6 Å². The van der Waals surface area contributed by atoms with Crippen molar-refractivity contribution in [2.45, 2.75) is 104 Å². The lowest BCUT2D eigenvalue weighted by Gasteiger charge is -2.44. The van der Waals surface area contributed by atoms with Gasteiger partial charge < -0.3 is 24.7 Å². The molecule has 2 aliphatic rings. The second-order valence-corrected chi connectivity index (χ2v) is 20.9. The Bertz CT molecular complexity index is 1710. The van der Waals surface area contributed by atoms with Crippen LogP contribution in [0.15, 0.2) is 36.7 Å². The molecule has 0 bridgehead atoms. The number of ether oxygens (including phenoxy) is 1. The Morgan fingerprint density at radius 3 is 2.37 bits per heavy atom. The van der Waals surface area contributed by atoms with Crippen molar-refractivity contribution in [3.63, 3.8) is 0 Å². The third-order valence-corrected chi connectivity index (χ3v) is 15.4. The van der Waals surface area contributed by atoms with Crippen molar-refractivity contribution in [3.8, 4) is 11.3 Å². The van der Waals surface area contributed by atoms with Crippen LogP contribution in [0.25, 0.3) is 11.3 Å². The minimum atomic E-state index is -2.13. The third-order valence-electron chi connectivity index (χ3n) is 10.7. The van der Waals surface area contributed by atoms with Crippen molar-refractivity contribution in [2.75, 3.05) is 23.7 Å². The van der Waals surface area contributed by atoms with Crippen molar-refractivity contribution < 1.29 is 23.1 Å². The van der Waals surface area contributed by atoms with Crippen molar-refractivity contribution in [1.82, 2.24) is 25.1 Å². The van der Waals surface area contributed by atoms with Gasteiger partial charge in [-0.3, -0.25) is 9.59 Å². The van der Waals surface area contributed by atoms with E-state index in [-0.39, 0.29) is 47.0 Å². The van der Waals surface area contributed by atoms with E-state index in [1.165, 1.54) is 24.5 Å². The highest BCUT2D eigenvalue weighted by molar-refractivity contribution is 6.74. The molecular formula is C37H51ClFN7O4Si. The van der Waals surface area contributed by atoms with Gasteiger partial charge in [0.05, 0.1) is 23.9 Å². The van der Waals surface area contributed by atoms with E-state index in [4.69, 9.17) is 20.8 Å². The van der Waals surface area contributed by atoms with Crippen LogP contribution in [0.5, 0.6) is 0 Å². The van der Waals surface area contributed by atoms with E-state index in [0.717, 1.165) is 38.8 Å². The van der Waals surface area contributed by atoms with E-state index in [0.29, 0.717) is 45.7 Å². The van der Waals surface area contributed by atoms with Gasteiger partial charge in [0.1, 0.15) is 35.6 Å². The summed E-state index contributed by atoms with van der Waals surface area (Å²) in [5.41, 5.74) is 1.57. The number of amides is 1. The lowest BCUT2D eigenvalue weighted by Crippen LogP contribution is -2.51. The highest BCUT2D eigenvalue weighted by atomic mass is 35.5. The number of anilines is 3. The molecule has 51 heavy (non-hydrogen) atoms. The van der Waals surface area contributed by atoms with Gasteiger partial charge in [0.15, 0.2) is 8.32 Å². The lowest BCUT2D eigenvalue weighted by molar-refractivity contribution is -0.157. The number of aromatic nitrogens is 4. The van der Waals surface area contributed by atoms with Gasteiger partial charge in [-0.15, -0.1) is 5.10 Å². The Balaban J connectivity index is 1.21. The van der Waals surface area contributed by atoms with Crippen molar-refractivity contribution in [3.05, 3.63) is 53.2 Å². The number of rotatable bonds is 12. The highest BCUT2D eigenvalue weighted by Gasteiger charge is 2.40. The molecule has 14 heteroatoms. The highest BCUT2D eigenvalue weighted by Crippen LogP contribution is 2.38. The standard InChI is InChI=1S/C37H51ClFN7O4Si/c1-22(2)23(3)50-36(48)24-11-13-46(14-12-24)27-15-25(16-27)35(47)43-34-19-33(40-21-41-34)42-31-18-30(28-17-26(38)9-10-29(28)39)44-45-32(31)20-49-51(7,8)37(4,5)6/h9-10,17-19,21-25,27H,11-16,20H2,1-8H3,(H2,40,41,42,43,44,47). The minimum Gasteiger partial charge on any atom is -0.462 e. The van der Waals surface area contributed by atoms with Crippen molar-refractivity contribution in [2.24, 2.45) is 17.8 Å². The number of piperidine rings is 1. The second-order valence-electron chi connectivity index (χ2n) is 15.7. The van der Waals surface area contributed by atoms with Gasteiger partial charge in [-0.05, 0) is 94.0 Å². The molecule has 3 heterocycles. The summed E-state index contributed by atoms with van der Waals surface area (Å²) in [4.78, 5) is 36.9. The first-order chi connectivity index (χ1) is 24.0. The van der Waals surface area contributed by atoms with Gasteiger partial charge in [0.25, 0.3) is 0 Å². The zero-order valence-electron chi connectivity index (χ0n) is 30.9. The number of likely N-dealkylation sites (tertiary alicyclic amines) is 1. The fourth-order valence-corrected chi connectivity index (χ4v) is 6.90. The molecule has 2 N–H and O–H groups in total. The van der Waals surface area contributed by atoms with Gasteiger partial charge in [-0.1, -0.05) is 46.2 Å². The van der Waals surface area contributed by atoms with Crippen LogP contribution in [0.2, 0.25) is 23.2 Å². The summed E-state index contributed by atoms with van der Waals surface area (Å²) in [7, 11) is -2.13. The van der Waals surface area contributed by atoms with Gasteiger partial charge in [0.2, 0.25) is 5.91 Å². The minimum absolute atomic E-state index is 0.0172. The summed E-state index contributed by atoms with van der Waals surface area (Å²) in [6.45, 7) is 18.7. The molecule has 276 valence electrons. The molecule has 1 saturated carbocycles. The Kier molecular flexibility index (Phi) is 12.2. The molecule has 1 aliphatic carbocycles. The van der Waals surface area contributed by atoms with E-state index >= 15 is 0 Å². The summed E-state index contributed by atoms with van der Waals surface area (Å²) < 4.78 is 26.9. The molecule has 1 amide bonds. The topological polar surface area (TPSA) is 131 Å². The van der Waals surface area contributed by atoms with Crippen LogP contribution in [0.4, 0.5) is 21.7 Å². The van der Waals surface area contributed by atoms with E-state index in [1.807, 2.05) is 6.92 Å². The maximum Gasteiger partial charge on any atom is 0.309 e. The van der Waals surface area contributed by atoms with Crippen LogP contribution in [0, 0.1) is 23.6 Å². The Labute approximate surface area is 306 Å². The predicted molar refractivity (Wildman–Crippen MR) is 200 cm³/mol. The summed E-state index contributed by atoms with van der Waals surface area (Å²) in [5, 5.41) is 15.3. The SMILES string of the molecule is CC(C)C(C)OC(=O)C1CCN(C2CC(C(=O)Nc3cc(Nc4cc(-c5cc(Cl)ccc5F)nnc4CO[Si](C)(C)C(C)(C)C)ncn3)C2)CC1. The molecule has 1 aliphatic heterocycles. The molecule has 0 spiro atoms.